The molecular weight excluding hydrogens is 366 g/mol. The number of esters is 1. The average molecular weight is 390 g/mol. The van der Waals surface area contributed by atoms with Crippen molar-refractivity contribution in [3.8, 4) is 0 Å². The number of nitrogens with zero attached hydrogens (tertiary/aromatic N) is 1. The van der Waals surface area contributed by atoms with Crippen molar-refractivity contribution in [1.29, 1.82) is 0 Å². The minimum atomic E-state index is -0.502. The van der Waals surface area contributed by atoms with Crippen LogP contribution in [0.3, 0.4) is 0 Å². The molecule has 2 aromatic rings. The average Bonchev–Trinajstić information content (AvgIpc) is 2.66. The van der Waals surface area contributed by atoms with E-state index in [1.165, 1.54) is 25.3 Å². The van der Waals surface area contributed by atoms with Crippen LogP contribution in [0.5, 0.6) is 0 Å². The van der Waals surface area contributed by atoms with Gasteiger partial charge in [0.25, 0.3) is 0 Å². The molecule has 0 atom stereocenters. The van der Waals surface area contributed by atoms with Gasteiger partial charge < -0.3 is 20.3 Å². The fraction of sp³-hybridized carbons (Fsp3) is 0.300. The lowest BCUT2D eigenvalue weighted by molar-refractivity contribution is 0.0600. The summed E-state index contributed by atoms with van der Waals surface area (Å²) in [6, 6.07) is 9.98. The predicted molar refractivity (Wildman–Crippen MR) is 110 cm³/mol. The summed E-state index contributed by atoms with van der Waals surface area (Å²) in [6.45, 7) is 7.97. The Morgan fingerprint density at radius 1 is 1.04 bits per heavy atom. The molecule has 0 aliphatic rings. The Morgan fingerprint density at radius 3 is 2.30 bits per heavy atom. The quantitative estimate of drug-likeness (QED) is 0.687. The number of rotatable bonds is 6. The van der Waals surface area contributed by atoms with E-state index in [9.17, 15) is 9.59 Å². The Balaban J connectivity index is 2.13. The monoisotopic (exact) mass is 389 g/mol. The van der Waals surface area contributed by atoms with E-state index in [4.69, 9.17) is 11.6 Å². The first kappa shape index (κ1) is 20.6. The summed E-state index contributed by atoms with van der Waals surface area (Å²) in [6.07, 6.45) is 0. The maximum Gasteiger partial charge on any atom is 0.337 e. The Morgan fingerprint density at radius 2 is 1.70 bits per heavy atom. The molecule has 2 aromatic carbocycles. The van der Waals surface area contributed by atoms with E-state index in [2.05, 4.69) is 34.1 Å². The van der Waals surface area contributed by atoms with Crippen LogP contribution < -0.4 is 15.5 Å². The van der Waals surface area contributed by atoms with E-state index in [0.717, 1.165) is 24.3 Å². The first-order chi connectivity index (χ1) is 12.9. The van der Waals surface area contributed by atoms with Crippen molar-refractivity contribution in [2.45, 2.75) is 20.8 Å². The van der Waals surface area contributed by atoms with E-state index in [1.54, 1.807) is 0 Å². The normalized spacial score (nSPS) is 10.3. The van der Waals surface area contributed by atoms with Crippen molar-refractivity contribution in [2.75, 3.05) is 35.7 Å². The highest BCUT2D eigenvalue weighted by molar-refractivity contribution is 6.34. The molecule has 0 aliphatic carbocycles. The fourth-order valence-electron chi connectivity index (χ4n) is 2.72. The summed E-state index contributed by atoms with van der Waals surface area (Å²) in [5, 5.41) is 5.80. The van der Waals surface area contributed by atoms with Crippen molar-refractivity contribution < 1.29 is 14.3 Å². The smallest absolute Gasteiger partial charge is 0.337 e. The minimum Gasteiger partial charge on any atom is -0.465 e. The third-order valence-corrected chi connectivity index (χ3v) is 4.55. The summed E-state index contributed by atoms with van der Waals surface area (Å²) >= 11 is 6.11. The number of urea groups is 1. The topological polar surface area (TPSA) is 70.7 Å². The molecular formula is C20H24ClN3O3. The van der Waals surface area contributed by atoms with Gasteiger partial charge in [-0.25, -0.2) is 9.59 Å². The molecule has 0 bridgehead atoms. The van der Waals surface area contributed by atoms with Crippen molar-refractivity contribution in [3.63, 3.8) is 0 Å². The molecule has 0 aromatic heterocycles. The summed E-state index contributed by atoms with van der Waals surface area (Å²) in [5.41, 5.74) is 3.39. The van der Waals surface area contributed by atoms with Gasteiger partial charge in [0.05, 0.1) is 23.4 Å². The molecule has 0 radical (unpaired) electrons. The molecule has 2 rings (SSSR count). The van der Waals surface area contributed by atoms with Crippen LogP contribution in [-0.4, -0.2) is 32.2 Å². The zero-order chi connectivity index (χ0) is 20.0. The predicted octanol–water partition coefficient (Wildman–Crippen LogP) is 4.93. The molecule has 2 amide bonds. The largest absolute Gasteiger partial charge is 0.465 e. The first-order valence-corrected chi connectivity index (χ1v) is 9.08. The number of anilines is 3. The molecule has 6 nitrogen and oxygen atoms in total. The fourth-order valence-corrected chi connectivity index (χ4v) is 2.88. The molecule has 0 fully saturated rings. The van der Waals surface area contributed by atoms with Gasteiger partial charge in [0, 0.05) is 24.5 Å². The second-order valence-corrected chi connectivity index (χ2v) is 6.34. The van der Waals surface area contributed by atoms with Gasteiger partial charge in [0.15, 0.2) is 0 Å². The van der Waals surface area contributed by atoms with Crippen LogP contribution in [-0.2, 0) is 4.74 Å². The Bertz CT molecular complexity index is 835. The highest BCUT2D eigenvalue weighted by atomic mass is 35.5. The van der Waals surface area contributed by atoms with Crippen LogP contribution in [0.2, 0.25) is 5.02 Å². The summed E-state index contributed by atoms with van der Waals surface area (Å²) < 4.78 is 4.68. The standard InChI is InChI=1S/C20H24ClN3O3/c1-5-24(6-2)15-8-10-17(13(3)11-15)22-20(26)23-18-12-14(19(25)27-4)7-9-16(18)21/h7-12H,5-6H2,1-4H3,(H2,22,23,26). The second-order valence-electron chi connectivity index (χ2n) is 5.94. The van der Waals surface area contributed by atoms with Gasteiger partial charge in [-0.1, -0.05) is 11.6 Å². The number of carbonyl (C=O) groups excluding carboxylic acids is 2. The summed E-state index contributed by atoms with van der Waals surface area (Å²) in [4.78, 5) is 26.2. The molecule has 0 saturated heterocycles. The van der Waals surface area contributed by atoms with Crippen molar-refractivity contribution in [3.05, 3.63) is 52.5 Å². The molecule has 0 spiro atoms. The minimum absolute atomic E-state index is 0.303. The lowest BCUT2D eigenvalue weighted by Gasteiger charge is -2.22. The number of nitrogens with one attached hydrogen (secondary N) is 2. The summed E-state index contributed by atoms with van der Waals surface area (Å²) in [7, 11) is 1.29. The molecule has 0 heterocycles. The number of aryl methyl sites for hydroxylation is 1. The number of carbonyl (C=O) groups is 2. The molecule has 0 saturated carbocycles. The maximum atomic E-state index is 12.4. The van der Waals surface area contributed by atoms with Crippen LogP contribution in [0.4, 0.5) is 21.9 Å². The lowest BCUT2D eigenvalue weighted by atomic mass is 10.1. The van der Waals surface area contributed by atoms with Gasteiger partial charge in [0.2, 0.25) is 0 Å². The zero-order valence-electron chi connectivity index (χ0n) is 15.9. The second kappa shape index (κ2) is 9.28. The van der Waals surface area contributed by atoms with Crippen LogP contribution in [0, 0.1) is 6.92 Å². The van der Waals surface area contributed by atoms with Crippen LogP contribution >= 0.6 is 11.6 Å². The highest BCUT2D eigenvalue weighted by Gasteiger charge is 2.12. The van der Waals surface area contributed by atoms with Crippen molar-refractivity contribution >= 4 is 40.7 Å². The van der Waals surface area contributed by atoms with Crippen molar-refractivity contribution in [1.82, 2.24) is 0 Å². The first-order valence-electron chi connectivity index (χ1n) is 8.71. The van der Waals surface area contributed by atoms with Gasteiger partial charge in [0.1, 0.15) is 0 Å². The SMILES string of the molecule is CCN(CC)c1ccc(NC(=O)Nc2cc(C(=O)OC)ccc2Cl)c(C)c1. The van der Waals surface area contributed by atoms with E-state index >= 15 is 0 Å². The van der Waals surface area contributed by atoms with Crippen LogP contribution in [0.25, 0.3) is 0 Å². The van der Waals surface area contributed by atoms with E-state index in [-0.39, 0.29) is 0 Å². The van der Waals surface area contributed by atoms with Gasteiger partial charge in [-0.15, -0.1) is 0 Å². The van der Waals surface area contributed by atoms with E-state index < -0.39 is 12.0 Å². The van der Waals surface area contributed by atoms with E-state index in [1.807, 2.05) is 25.1 Å². The van der Waals surface area contributed by atoms with Gasteiger partial charge in [-0.05, 0) is 62.7 Å². The third-order valence-electron chi connectivity index (χ3n) is 4.22. The van der Waals surface area contributed by atoms with Gasteiger partial charge in [-0.3, -0.25) is 0 Å². The summed E-state index contributed by atoms with van der Waals surface area (Å²) in [5.74, 6) is -0.502. The molecule has 0 unspecified atom stereocenters. The number of hydrogen-bond donors (Lipinski definition) is 2. The number of ether oxygens (including phenoxy) is 1. The molecule has 144 valence electrons. The third kappa shape index (κ3) is 5.14. The zero-order valence-corrected chi connectivity index (χ0v) is 16.7. The lowest BCUT2D eigenvalue weighted by Crippen LogP contribution is -2.23. The molecule has 27 heavy (non-hydrogen) atoms. The highest BCUT2D eigenvalue weighted by Crippen LogP contribution is 2.25. The van der Waals surface area contributed by atoms with Crippen molar-refractivity contribution in [2.24, 2.45) is 0 Å². The molecule has 7 heteroatoms. The molecule has 2 N–H and O–H groups in total. The number of methoxy groups -OCH3 is 1. The number of amides is 2. The number of halogens is 1. The van der Waals surface area contributed by atoms with E-state index in [0.29, 0.717) is 22.0 Å². The Kier molecular flexibility index (Phi) is 7.07. The van der Waals surface area contributed by atoms with Gasteiger partial charge in [-0.2, -0.15) is 0 Å². The molecule has 0 aliphatic heterocycles. The van der Waals surface area contributed by atoms with Gasteiger partial charge >= 0.3 is 12.0 Å². The maximum absolute atomic E-state index is 12.4. The number of hydrogen-bond acceptors (Lipinski definition) is 4. The Hall–Kier alpha value is -2.73. The Labute approximate surface area is 164 Å². The van der Waals surface area contributed by atoms with Crippen LogP contribution in [0.15, 0.2) is 36.4 Å². The van der Waals surface area contributed by atoms with Crippen LogP contribution in [0.1, 0.15) is 29.8 Å². The number of benzene rings is 2.